The molecule has 5 nitrogen and oxygen atoms in total. The van der Waals surface area contributed by atoms with E-state index in [1.807, 2.05) is 74.5 Å². The summed E-state index contributed by atoms with van der Waals surface area (Å²) < 4.78 is 2.54. The number of hydrogen-bond donors (Lipinski definition) is 1. The van der Waals surface area contributed by atoms with E-state index in [2.05, 4.69) is 27.9 Å². The van der Waals surface area contributed by atoms with Gasteiger partial charge in [-0.1, -0.05) is 29.3 Å². The van der Waals surface area contributed by atoms with Crippen molar-refractivity contribution in [2.45, 2.75) is 13.8 Å². The molecule has 1 amide bonds. The van der Waals surface area contributed by atoms with Crippen molar-refractivity contribution < 1.29 is 4.79 Å². The molecule has 31 heavy (non-hydrogen) atoms. The Morgan fingerprint density at radius 3 is 2.45 bits per heavy atom. The van der Waals surface area contributed by atoms with Gasteiger partial charge in [-0.25, -0.2) is 4.98 Å². The van der Waals surface area contributed by atoms with Crippen LogP contribution < -0.4 is 10.9 Å². The number of aryl methyl sites for hydroxylation is 2. The number of carbonyl (C=O) groups is 1. The van der Waals surface area contributed by atoms with Crippen LogP contribution in [0.5, 0.6) is 0 Å². The lowest BCUT2D eigenvalue weighted by molar-refractivity contribution is -0.110. The van der Waals surface area contributed by atoms with E-state index in [4.69, 9.17) is 4.98 Å². The molecule has 0 radical (unpaired) electrons. The Bertz CT molecular complexity index is 1470. The lowest BCUT2D eigenvalue weighted by Crippen LogP contribution is -2.22. The highest BCUT2D eigenvalue weighted by atomic mass is 127. The SMILES string of the molecule is Cc1ccc(-n2c(C=C3C(=O)Nc4ccc(C)cc43)nc3ccc(I)cc3c2=O)cc1. The zero-order valence-corrected chi connectivity index (χ0v) is 19.1. The molecule has 0 saturated heterocycles. The first-order valence-electron chi connectivity index (χ1n) is 9.84. The van der Waals surface area contributed by atoms with Gasteiger partial charge in [0, 0.05) is 14.8 Å². The number of fused-ring (bicyclic) bond motifs is 2. The third kappa shape index (κ3) is 3.46. The van der Waals surface area contributed by atoms with E-state index in [9.17, 15) is 9.59 Å². The predicted octanol–water partition coefficient (Wildman–Crippen LogP) is 5.10. The Kier molecular flexibility index (Phi) is 4.74. The molecule has 1 aliphatic rings. The zero-order chi connectivity index (χ0) is 21.7. The van der Waals surface area contributed by atoms with Crippen LogP contribution in [-0.2, 0) is 4.79 Å². The molecule has 2 heterocycles. The molecule has 1 N–H and O–H groups in total. The third-order valence-corrected chi connectivity index (χ3v) is 6.05. The highest BCUT2D eigenvalue weighted by Crippen LogP contribution is 2.33. The number of nitrogens with one attached hydrogen (secondary N) is 1. The molecule has 152 valence electrons. The van der Waals surface area contributed by atoms with Gasteiger partial charge in [0.1, 0.15) is 5.82 Å². The Morgan fingerprint density at radius 2 is 1.68 bits per heavy atom. The Hall–Kier alpha value is -3.26. The van der Waals surface area contributed by atoms with Gasteiger partial charge in [0.15, 0.2) is 0 Å². The first-order chi connectivity index (χ1) is 14.9. The fourth-order valence-electron chi connectivity index (χ4n) is 3.79. The van der Waals surface area contributed by atoms with E-state index in [0.29, 0.717) is 28.0 Å². The van der Waals surface area contributed by atoms with Crippen LogP contribution in [0.3, 0.4) is 0 Å². The van der Waals surface area contributed by atoms with Crippen molar-refractivity contribution in [3.63, 3.8) is 0 Å². The first-order valence-corrected chi connectivity index (χ1v) is 10.9. The normalized spacial score (nSPS) is 14.2. The van der Waals surface area contributed by atoms with Crippen LogP contribution in [0.4, 0.5) is 5.69 Å². The van der Waals surface area contributed by atoms with E-state index in [1.165, 1.54) is 0 Å². The molecule has 1 aromatic heterocycles. The van der Waals surface area contributed by atoms with Crippen molar-refractivity contribution in [3.05, 3.63) is 97.1 Å². The number of rotatable bonds is 2. The van der Waals surface area contributed by atoms with Crippen LogP contribution >= 0.6 is 22.6 Å². The second-order valence-corrected chi connectivity index (χ2v) is 8.91. The van der Waals surface area contributed by atoms with Crippen molar-refractivity contribution in [3.8, 4) is 5.69 Å². The lowest BCUT2D eigenvalue weighted by Gasteiger charge is -2.12. The molecule has 1 aliphatic heterocycles. The maximum Gasteiger partial charge on any atom is 0.266 e. The summed E-state index contributed by atoms with van der Waals surface area (Å²) in [6.45, 7) is 3.98. The molecule has 0 saturated carbocycles. The topological polar surface area (TPSA) is 64.0 Å². The number of hydrogen-bond acceptors (Lipinski definition) is 3. The minimum atomic E-state index is -0.201. The molecule has 6 heteroatoms. The fraction of sp³-hybridized carbons (Fsp3) is 0.0800. The van der Waals surface area contributed by atoms with Gasteiger partial charge in [0.2, 0.25) is 0 Å². The molecule has 0 fully saturated rings. The van der Waals surface area contributed by atoms with Crippen LogP contribution in [-0.4, -0.2) is 15.5 Å². The van der Waals surface area contributed by atoms with Crippen LogP contribution in [0.25, 0.3) is 28.2 Å². The van der Waals surface area contributed by atoms with Gasteiger partial charge in [-0.3, -0.25) is 14.2 Å². The van der Waals surface area contributed by atoms with Gasteiger partial charge < -0.3 is 5.32 Å². The summed E-state index contributed by atoms with van der Waals surface area (Å²) in [6.07, 6.45) is 1.71. The van der Waals surface area contributed by atoms with E-state index in [-0.39, 0.29) is 11.5 Å². The van der Waals surface area contributed by atoms with Crippen molar-refractivity contribution in [2.75, 3.05) is 5.32 Å². The van der Waals surface area contributed by atoms with E-state index < -0.39 is 0 Å². The van der Waals surface area contributed by atoms with Gasteiger partial charge in [0.25, 0.3) is 11.5 Å². The number of nitrogens with zero attached hydrogens (tertiary/aromatic N) is 2. The monoisotopic (exact) mass is 519 g/mol. The van der Waals surface area contributed by atoms with Gasteiger partial charge in [-0.15, -0.1) is 0 Å². The summed E-state index contributed by atoms with van der Waals surface area (Å²) in [5.41, 5.74) is 5.37. The molecule has 0 spiro atoms. The number of benzene rings is 3. The second-order valence-electron chi connectivity index (χ2n) is 7.67. The molecule has 0 aliphatic carbocycles. The Balaban J connectivity index is 1.82. The van der Waals surface area contributed by atoms with Crippen LogP contribution in [0.1, 0.15) is 22.5 Å². The van der Waals surface area contributed by atoms with Crippen molar-refractivity contribution >= 4 is 56.7 Å². The molecular formula is C25H18IN3O2. The number of amides is 1. The Morgan fingerprint density at radius 1 is 0.935 bits per heavy atom. The maximum atomic E-state index is 13.5. The average molecular weight is 519 g/mol. The van der Waals surface area contributed by atoms with Gasteiger partial charge in [0.05, 0.1) is 22.2 Å². The molecule has 5 rings (SSSR count). The number of halogens is 1. The third-order valence-electron chi connectivity index (χ3n) is 5.38. The summed E-state index contributed by atoms with van der Waals surface area (Å²) in [5, 5.41) is 3.44. The van der Waals surface area contributed by atoms with Crippen LogP contribution in [0.15, 0.2) is 65.5 Å². The van der Waals surface area contributed by atoms with E-state index in [1.54, 1.807) is 10.6 Å². The van der Waals surface area contributed by atoms with Gasteiger partial charge in [-0.2, -0.15) is 0 Å². The first kappa shape index (κ1) is 19.7. The van der Waals surface area contributed by atoms with E-state index in [0.717, 1.165) is 25.9 Å². The molecule has 0 atom stereocenters. The molecule has 0 bridgehead atoms. The summed E-state index contributed by atoms with van der Waals surface area (Å²) in [5.74, 6) is 0.218. The highest BCUT2D eigenvalue weighted by Gasteiger charge is 2.25. The smallest absolute Gasteiger partial charge is 0.266 e. The van der Waals surface area contributed by atoms with Crippen molar-refractivity contribution in [2.24, 2.45) is 0 Å². The maximum absolute atomic E-state index is 13.5. The molecule has 4 aromatic rings. The summed E-state index contributed by atoms with van der Waals surface area (Å²) in [7, 11) is 0. The summed E-state index contributed by atoms with van der Waals surface area (Å²) in [4.78, 5) is 31.0. The van der Waals surface area contributed by atoms with Crippen LogP contribution in [0, 0.1) is 17.4 Å². The average Bonchev–Trinajstić information content (AvgIpc) is 3.04. The highest BCUT2D eigenvalue weighted by molar-refractivity contribution is 14.1. The standard InChI is InChI=1S/C25H18IN3O2/c1-14-3-7-17(8-4-14)29-23(27-22-10-6-16(26)12-20(22)25(29)31)13-19-18-11-15(2)5-9-21(18)28-24(19)30/h3-13H,1-2H3,(H,28,30). The Labute approximate surface area is 192 Å². The second kappa shape index (κ2) is 7.46. The summed E-state index contributed by atoms with van der Waals surface area (Å²) in [6, 6.07) is 19.1. The molecule has 3 aromatic carbocycles. The van der Waals surface area contributed by atoms with Crippen LogP contribution in [0.2, 0.25) is 0 Å². The van der Waals surface area contributed by atoms with Crippen molar-refractivity contribution in [1.82, 2.24) is 9.55 Å². The minimum absolute atomic E-state index is 0.165. The van der Waals surface area contributed by atoms with Gasteiger partial charge in [-0.05, 0) is 85.0 Å². The number of aromatic nitrogens is 2. The predicted molar refractivity (Wildman–Crippen MR) is 132 cm³/mol. The largest absolute Gasteiger partial charge is 0.321 e. The lowest BCUT2D eigenvalue weighted by atomic mass is 10.0. The number of carbonyl (C=O) groups excluding carboxylic acids is 1. The van der Waals surface area contributed by atoms with E-state index >= 15 is 0 Å². The quantitative estimate of drug-likeness (QED) is 0.296. The molecule has 0 unspecified atom stereocenters. The molecular weight excluding hydrogens is 501 g/mol. The minimum Gasteiger partial charge on any atom is -0.321 e. The van der Waals surface area contributed by atoms with Gasteiger partial charge >= 0.3 is 0 Å². The zero-order valence-electron chi connectivity index (χ0n) is 16.9. The fourth-order valence-corrected chi connectivity index (χ4v) is 4.28. The van der Waals surface area contributed by atoms with Crippen molar-refractivity contribution in [1.29, 1.82) is 0 Å². The summed E-state index contributed by atoms with van der Waals surface area (Å²) >= 11 is 2.19. The number of anilines is 1.